The molecule has 3 heterocycles. The van der Waals surface area contributed by atoms with Crippen molar-refractivity contribution >= 4 is 43.4 Å². The van der Waals surface area contributed by atoms with Crippen LogP contribution < -0.4 is 11.1 Å². The van der Waals surface area contributed by atoms with Gasteiger partial charge >= 0.3 is 0 Å². The van der Waals surface area contributed by atoms with Crippen molar-refractivity contribution in [2.24, 2.45) is 0 Å². The number of nitrogens with zero attached hydrogens (tertiary/aromatic N) is 2. The number of para-hydroxylation sites is 2. The van der Waals surface area contributed by atoms with Crippen molar-refractivity contribution in [1.29, 1.82) is 0 Å². The van der Waals surface area contributed by atoms with E-state index in [4.69, 9.17) is 4.42 Å². The monoisotopic (exact) mass is 530 g/mol. The number of hydrogen-bond donors (Lipinski definition) is 0. The topological polar surface area (TPSA) is 57.1 Å². The predicted octanol–water partition coefficient (Wildman–Crippen LogP) is 7.86. The highest BCUT2D eigenvalue weighted by Crippen LogP contribution is 2.35. The largest absolute Gasteiger partial charge is 0.447 e. The van der Waals surface area contributed by atoms with Crippen molar-refractivity contribution in [2.75, 3.05) is 0 Å². The van der Waals surface area contributed by atoms with E-state index in [9.17, 15) is 9.59 Å². The van der Waals surface area contributed by atoms with Crippen molar-refractivity contribution in [1.82, 2.24) is 9.13 Å². The van der Waals surface area contributed by atoms with Crippen LogP contribution in [0.1, 0.15) is 0 Å². The van der Waals surface area contributed by atoms with Gasteiger partial charge in [0.25, 0.3) is 11.1 Å². The third-order valence-corrected chi connectivity index (χ3v) is 7.82. The summed E-state index contributed by atoms with van der Waals surface area (Å²) in [7, 11) is 0. The van der Waals surface area contributed by atoms with Gasteiger partial charge in [-0.05, 0) is 52.7 Å². The van der Waals surface area contributed by atoms with Crippen molar-refractivity contribution in [3.63, 3.8) is 0 Å². The summed E-state index contributed by atoms with van der Waals surface area (Å²) < 4.78 is 9.26. The van der Waals surface area contributed by atoms with E-state index in [-0.39, 0.29) is 5.88 Å². The maximum atomic E-state index is 14.4. The Morgan fingerprint density at radius 3 is 1.85 bits per heavy atom. The molecule has 0 saturated carbocycles. The molecule has 5 heteroatoms. The van der Waals surface area contributed by atoms with Crippen molar-refractivity contribution in [3.8, 4) is 22.7 Å². The molecule has 0 N–H and O–H groups in total. The normalized spacial score (nSPS) is 11.6. The lowest BCUT2D eigenvalue weighted by Crippen LogP contribution is -2.28. The van der Waals surface area contributed by atoms with E-state index in [1.165, 1.54) is 4.57 Å². The zero-order valence-electron chi connectivity index (χ0n) is 21.8. The molecule has 0 aliphatic heterocycles. The maximum Gasteiger partial charge on any atom is 0.268 e. The van der Waals surface area contributed by atoms with E-state index in [2.05, 4.69) is 28.8 Å². The number of hydrogen-bond acceptors (Lipinski definition) is 3. The quantitative estimate of drug-likeness (QED) is 0.234. The van der Waals surface area contributed by atoms with Crippen LogP contribution in [-0.2, 0) is 0 Å². The SMILES string of the molecule is O=c1c2ccccc2c2cc3c(cc2c(=O)n1-c1cc(-c2ccccc2)co1)c1ccccc1n3-c1ccccc1. The van der Waals surface area contributed by atoms with E-state index in [0.29, 0.717) is 21.5 Å². The van der Waals surface area contributed by atoms with Crippen LogP contribution in [0.2, 0.25) is 0 Å². The molecule has 41 heavy (non-hydrogen) atoms. The summed E-state index contributed by atoms with van der Waals surface area (Å²) in [5.41, 5.74) is 3.91. The predicted molar refractivity (Wildman–Crippen MR) is 165 cm³/mol. The highest BCUT2D eigenvalue weighted by molar-refractivity contribution is 6.17. The van der Waals surface area contributed by atoms with Crippen molar-refractivity contribution in [2.45, 2.75) is 0 Å². The van der Waals surface area contributed by atoms with E-state index in [1.807, 2.05) is 91.0 Å². The molecule has 0 atom stereocenters. The van der Waals surface area contributed by atoms with E-state index in [0.717, 1.165) is 38.6 Å². The maximum absolute atomic E-state index is 14.4. The molecule has 0 saturated heterocycles. The Morgan fingerprint density at radius 2 is 1.07 bits per heavy atom. The molecule has 0 unspecified atom stereocenters. The van der Waals surface area contributed by atoms with Crippen molar-refractivity contribution in [3.05, 3.63) is 154 Å². The fourth-order valence-corrected chi connectivity index (χ4v) is 5.93. The average Bonchev–Trinajstić information content (AvgIpc) is 3.62. The summed E-state index contributed by atoms with van der Waals surface area (Å²) in [5.74, 6) is 0.188. The Labute approximate surface area is 233 Å². The van der Waals surface area contributed by atoms with Gasteiger partial charge in [0.15, 0.2) is 0 Å². The second kappa shape index (κ2) is 8.93. The van der Waals surface area contributed by atoms with Crippen LogP contribution in [0, 0.1) is 0 Å². The third kappa shape index (κ3) is 3.49. The highest BCUT2D eigenvalue weighted by atomic mass is 16.3. The molecule has 8 rings (SSSR count). The van der Waals surface area contributed by atoms with Gasteiger partial charge in [-0.25, -0.2) is 4.57 Å². The van der Waals surface area contributed by atoms with E-state index in [1.54, 1.807) is 18.4 Å². The lowest BCUT2D eigenvalue weighted by molar-refractivity contribution is 0.532. The molecule has 0 aliphatic rings. The Kier molecular flexibility index (Phi) is 5.06. The average molecular weight is 531 g/mol. The van der Waals surface area contributed by atoms with Gasteiger partial charge < -0.3 is 8.98 Å². The summed E-state index contributed by atoms with van der Waals surface area (Å²) in [6, 6.07) is 41.2. The van der Waals surface area contributed by atoms with Gasteiger partial charge in [0, 0.05) is 38.9 Å². The first-order chi connectivity index (χ1) is 20.2. The van der Waals surface area contributed by atoms with Gasteiger partial charge in [-0.15, -0.1) is 0 Å². The standard InChI is InChI=1S/C36H22N2O3/c39-35-28-17-8-7-15-26(28)29-21-33-30(27-16-9-10-18-32(27)37(33)25-13-5-2-6-14-25)20-31(29)36(40)38(35)34-19-24(22-41-34)23-11-3-1-4-12-23/h1-22H. The van der Waals surface area contributed by atoms with Crippen LogP contribution in [0.25, 0.3) is 66.0 Å². The zero-order valence-corrected chi connectivity index (χ0v) is 21.8. The number of furan rings is 1. The minimum absolute atomic E-state index is 0.188. The van der Waals surface area contributed by atoms with Gasteiger partial charge in [-0.1, -0.05) is 84.9 Å². The molecule has 8 aromatic rings. The molecule has 0 fully saturated rings. The van der Waals surface area contributed by atoms with Gasteiger partial charge in [0.1, 0.15) is 6.26 Å². The summed E-state index contributed by atoms with van der Waals surface area (Å²) in [4.78, 5) is 28.4. The van der Waals surface area contributed by atoms with Gasteiger partial charge in [0.2, 0.25) is 5.88 Å². The molecule has 0 radical (unpaired) electrons. The van der Waals surface area contributed by atoms with E-state index < -0.39 is 11.1 Å². The van der Waals surface area contributed by atoms with Crippen LogP contribution in [0.4, 0.5) is 0 Å². The minimum Gasteiger partial charge on any atom is -0.447 e. The fourth-order valence-electron chi connectivity index (χ4n) is 5.93. The Hall–Kier alpha value is -5.68. The summed E-state index contributed by atoms with van der Waals surface area (Å²) >= 11 is 0. The second-order valence-electron chi connectivity index (χ2n) is 10.1. The Morgan fingerprint density at radius 1 is 0.439 bits per heavy atom. The van der Waals surface area contributed by atoms with Crippen LogP contribution in [0.5, 0.6) is 0 Å². The lowest BCUT2D eigenvalue weighted by atomic mass is 10.0. The molecular weight excluding hydrogens is 508 g/mol. The zero-order chi connectivity index (χ0) is 27.5. The molecule has 5 aromatic carbocycles. The van der Waals surface area contributed by atoms with Crippen LogP contribution in [0.15, 0.2) is 148 Å². The Balaban J connectivity index is 1.53. The first-order valence-electron chi connectivity index (χ1n) is 13.4. The first kappa shape index (κ1) is 23.2. The highest BCUT2D eigenvalue weighted by Gasteiger charge is 2.19. The number of fused-ring (bicyclic) bond motifs is 6. The summed E-state index contributed by atoms with van der Waals surface area (Å²) in [6.07, 6.45) is 1.58. The number of aromatic nitrogens is 2. The van der Waals surface area contributed by atoms with Gasteiger partial charge in [0.05, 0.1) is 11.0 Å². The smallest absolute Gasteiger partial charge is 0.268 e. The molecular formula is C36H22N2O3. The molecule has 0 amide bonds. The molecule has 0 spiro atoms. The van der Waals surface area contributed by atoms with Gasteiger partial charge in [-0.3, -0.25) is 9.59 Å². The first-order valence-corrected chi connectivity index (χ1v) is 13.4. The molecule has 3 aromatic heterocycles. The number of rotatable bonds is 3. The lowest BCUT2D eigenvalue weighted by Gasteiger charge is -2.08. The minimum atomic E-state index is -0.423. The van der Waals surface area contributed by atoms with Gasteiger partial charge in [-0.2, -0.15) is 0 Å². The van der Waals surface area contributed by atoms with Crippen molar-refractivity contribution < 1.29 is 4.42 Å². The number of benzene rings is 5. The van der Waals surface area contributed by atoms with Crippen LogP contribution in [0.3, 0.4) is 0 Å². The third-order valence-electron chi connectivity index (χ3n) is 7.82. The van der Waals surface area contributed by atoms with E-state index >= 15 is 0 Å². The molecule has 194 valence electrons. The van der Waals surface area contributed by atoms with Crippen LogP contribution in [-0.4, -0.2) is 9.13 Å². The summed E-state index contributed by atoms with van der Waals surface area (Å²) in [6.45, 7) is 0. The molecule has 5 nitrogen and oxygen atoms in total. The second-order valence-corrected chi connectivity index (χ2v) is 10.1. The van der Waals surface area contributed by atoms with Crippen LogP contribution >= 0.6 is 0 Å². The Bertz CT molecular complexity index is 2400. The fraction of sp³-hybridized carbons (Fsp3) is 0. The summed E-state index contributed by atoms with van der Waals surface area (Å²) in [5, 5.41) is 4.28. The molecule has 0 aliphatic carbocycles. The molecule has 0 bridgehead atoms.